The quantitative estimate of drug-likeness (QED) is 0.841. The number of halogens is 2. The normalized spacial score (nSPS) is 10.3. The molecule has 0 aliphatic carbocycles. The third kappa shape index (κ3) is 4.45. The average Bonchev–Trinajstić information content (AvgIpc) is 2.54. The minimum atomic E-state index is -0.671. The maximum absolute atomic E-state index is 12.9. The highest BCUT2D eigenvalue weighted by molar-refractivity contribution is 6.34. The topological polar surface area (TPSA) is 75.4 Å². The number of likely N-dealkylation sites (N-methyl/N-ethyl adjacent to an activating group) is 1. The van der Waals surface area contributed by atoms with Crippen LogP contribution >= 0.6 is 11.6 Å². The number of carbonyl (C=O) groups excluding carboxylic acids is 2. The first-order valence-electron chi connectivity index (χ1n) is 7.19. The van der Waals surface area contributed by atoms with Crippen molar-refractivity contribution in [1.82, 2.24) is 4.90 Å². The summed E-state index contributed by atoms with van der Waals surface area (Å²) in [6.07, 6.45) is 0. The van der Waals surface area contributed by atoms with Crippen molar-refractivity contribution in [3.63, 3.8) is 0 Å². The predicted molar refractivity (Wildman–Crippen MR) is 91.3 cm³/mol. The molecule has 0 saturated carbocycles. The van der Waals surface area contributed by atoms with E-state index in [-0.39, 0.29) is 28.9 Å². The van der Waals surface area contributed by atoms with Crippen molar-refractivity contribution >= 4 is 29.1 Å². The van der Waals surface area contributed by atoms with E-state index in [9.17, 15) is 14.0 Å². The number of benzene rings is 2. The Kier molecular flexibility index (Phi) is 5.76. The van der Waals surface area contributed by atoms with E-state index in [0.29, 0.717) is 12.2 Å². The van der Waals surface area contributed by atoms with Crippen LogP contribution in [-0.2, 0) is 11.3 Å². The van der Waals surface area contributed by atoms with Gasteiger partial charge in [-0.2, -0.15) is 0 Å². The van der Waals surface area contributed by atoms with Crippen LogP contribution in [-0.4, -0.2) is 30.3 Å². The molecule has 2 rings (SSSR count). The number of hydrogen-bond acceptors (Lipinski definition) is 3. The molecule has 2 aromatic carbocycles. The molecule has 126 valence electrons. The van der Waals surface area contributed by atoms with E-state index < -0.39 is 5.91 Å². The predicted octanol–water partition coefficient (Wildman–Crippen LogP) is 2.65. The second-order valence-corrected chi connectivity index (χ2v) is 5.66. The van der Waals surface area contributed by atoms with Crippen molar-refractivity contribution in [1.29, 1.82) is 0 Å². The van der Waals surface area contributed by atoms with Crippen LogP contribution in [0, 0.1) is 5.82 Å². The lowest BCUT2D eigenvalue weighted by Crippen LogP contribution is -2.32. The fraction of sp³-hybridized carbons (Fsp3) is 0.176. The first-order valence-corrected chi connectivity index (χ1v) is 7.57. The summed E-state index contributed by atoms with van der Waals surface area (Å²) < 4.78 is 12.9. The van der Waals surface area contributed by atoms with Crippen molar-refractivity contribution in [2.75, 3.05) is 18.9 Å². The maximum Gasteiger partial charge on any atom is 0.252 e. The molecule has 0 aromatic heterocycles. The molecule has 2 amide bonds. The van der Waals surface area contributed by atoms with E-state index in [0.717, 1.165) is 5.56 Å². The summed E-state index contributed by atoms with van der Waals surface area (Å²) in [6.45, 7) is 0.317. The number of amides is 2. The van der Waals surface area contributed by atoms with Crippen LogP contribution in [0.15, 0.2) is 42.5 Å². The van der Waals surface area contributed by atoms with E-state index in [4.69, 9.17) is 17.3 Å². The average molecular weight is 350 g/mol. The van der Waals surface area contributed by atoms with Crippen LogP contribution < -0.4 is 11.1 Å². The number of rotatable bonds is 6. The molecule has 0 bridgehead atoms. The monoisotopic (exact) mass is 349 g/mol. The van der Waals surface area contributed by atoms with Gasteiger partial charge in [-0.25, -0.2) is 4.39 Å². The minimum Gasteiger partial charge on any atom is -0.375 e. The van der Waals surface area contributed by atoms with E-state index in [1.807, 2.05) is 0 Å². The van der Waals surface area contributed by atoms with Gasteiger partial charge in [-0.1, -0.05) is 29.8 Å². The molecule has 0 heterocycles. The largest absolute Gasteiger partial charge is 0.375 e. The Labute approximate surface area is 144 Å². The highest BCUT2D eigenvalue weighted by atomic mass is 35.5. The number of primary amides is 1. The molecule has 0 saturated heterocycles. The summed E-state index contributed by atoms with van der Waals surface area (Å²) in [6, 6.07) is 10.8. The first-order chi connectivity index (χ1) is 11.4. The third-order valence-corrected chi connectivity index (χ3v) is 3.76. The van der Waals surface area contributed by atoms with Gasteiger partial charge in [-0.05, 0) is 29.8 Å². The van der Waals surface area contributed by atoms with E-state index in [2.05, 4.69) is 5.32 Å². The van der Waals surface area contributed by atoms with Crippen LogP contribution in [0.4, 0.5) is 10.1 Å². The zero-order chi connectivity index (χ0) is 17.7. The van der Waals surface area contributed by atoms with Gasteiger partial charge >= 0.3 is 0 Å². The summed E-state index contributed by atoms with van der Waals surface area (Å²) in [5, 5.41) is 3.10. The van der Waals surface area contributed by atoms with Gasteiger partial charge in [0.2, 0.25) is 5.91 Å². The van der Waals surface area contributed by atoms with Crippen molar-refractivity contribution in [3.8, 4) is 0 Å². The van der Waals surface area contributed by atoms with Crippen molar-refractivity contribution in [3.05, 3.63) is 64.4 Å². The van der Waals surface area contributed by atoms with E-state index >= 15 is 0 Å². The minimum absolute atomic E-state index is 0.0294. The van der Waals surface area contributed by atoms with E-state index in [1.54, 1.807) is 37.4 Å². The van der Waals surface area contributed by atoms with Gasteiger partial charge in [0.25, 0.3) is 5.91 Å². The molecule has 0 radical (unpaired) electrons. The van der Waals surface area contributed by atoms with Gasteiger partial charge in [0.1, 0.15) is 5.82 Å². The van der Waals surface area contributed by atoms with E-state index in [1.165, 1.54) is 17.0 Å². The van der Waals surface area contributed by atoms with Crippen molar-refractivity contribution in [2.24, 2.45) is 5.73 Å². The molecule has 0 aliphatic rings. The Morgan fingerprint density at radius 2 is 1.88 bits per heavy atom. The molecule has 7 heteroatoms. The third-order valence-electron chi connectivity index (χ3n) is 3.45. The lowest BCUT2D eigenvalue weighted by atomic mass is 10.1. The van der Waals surface area contributed by atoms with Crippen LogP contribution in [0.3, 0.4) is 0 Å². The Hall–Kier alpha value is -2.60. The number of carbonyl (C=O) groups is 2. The van der Waals surface area contributed by atoms with Crippen molar-refractivity contribution < 1.29 is 14.0 Å². The number of anilines is 1. The molecule has 2 aromatic rings. The van der Waals surface area contributed by atoms with Gasteiger partial charge in [0.05, 0.1) is 17.1 Å². The smallest absolute Gasteiger partial charge is 0.252 e. The van der Waals surface area contributed by atoms with Gasteiger partial charge in [-0.3, -0.25) is 9.59 Å². The molecular formula is C17H17ClFN3O2. The van der Waals surface area contributed by atoms with Gasteiger partial charge in [0, 0.05) is 19.3 Å². The van der Waals surface area contributed by atoms with Gasteiger partial charge in [-0.15, -0.1) is 0 Å². The molecule has 0 unspecified atom stereocenters. The SMILES string of the molecule is CN(Cc1ccc(F)cc1)C(=O)CNc1cccc(Cl)c1C(N)=O. The Bertz CT molecular complexity index is 750. The molecule has 5 nitrogen and oxygen atoms in total. The molecule has 3 N–H and O–H groups in total. The number of nitrogens with two attached hydrogens (primary N) is 1. The second-order valence-electron chi connectivity index (χ2n) is 5.26. The maximum atomic E-state index is 12.9. The summed E-state index contributed by atoms with van der Waals surface area (Å²) >= 11 is 5.96. The molecule has 0 spiro atoms. The number of nitrogens with zero attached hydrogens (tertiary/aromatic N) is 1. The van der Waals surface area contributed by atoms with Crippen LogP contribution in [0.1, 0.15) is 15.9 Å². The summed E-state index contributed by atoms with van der Waals surface area (Å²) in [5.41, 5.74) is 6.67. The summed E-state index contributed by atoms with van der Waals surface area (Å²) in [7, 11) is 1.64. The van der Waals surface area contributed by atoms with Gasteiger partial charge < -0.3 is 16.0 Å². The number of nitrogens with one attached hydrogen (secondary N) is 1. The fourth-order valence-electron chi connectivity index (χ4n) is 2.18. The zero-order valence-corrected chi connectivity index (χ0v) is 13.8. The molecule has 0 atom stereocenters. The Morgan fingerprint density at radius 3 is 2.50 bits per heavy atom. The summed E-state index contributed by atoms with van der Waals surface area (Å²) in [4.78, 5) is 25.2. The summed E-state index contributed by atoms with van der Waals surface area (Å²) in [5.74, 6) is -1.20. The molecule has 24 heavy (non-hydrogen) atoms. The van der Waals surface area contributed by atoms with Crippen LogP contribution in [0.25, 0.3) is 0 Å². The van der Waals surface area contributed by atoms with Gasteiger partial charge in [0.15, 0.2) is 0 Å². The Balaban J connectivity index is 1.99. The van der Waals surface area contributed by atoms with Crippen LogP contribution in [0.5, 0.6) is 0 Å². The second kappa shape index (κ2) is 7.79. The number of hydrogen-bond donors (Lipinski definition) is 2. The Morgan fingerprint density at radius 1 is 1.21 bits per heavy atom. The zero-order valence-electron chi connectivity index (χ0n) is 13.1. The first kappa shape index (κ1) is 17.7. The highest BCUT2D eigenvalue weighted by Crippen LogP contribution is 2.23. The standard InChI is InChI=1S/C17H17ClFN3O2/c1-22(10-11-5-7-12(19)8-6-11)15(23)9-21-14-4-2-3-13(18)16(14)17(20)24/h2-8,21H,9-10H2,1H3,(H2,20,24). The fourth-order valence-corrected chi connectivity index (χ4v) is 2.45. The van der Waals surface area contributed by atoms with Crippen LogP contribution in [0.2, 0.25) is 5.02 Å². The lowest BCUT2D eigenvalue weighted by molar-refractivity contribution is -0.128. The molecule has 0 aliphatic heterocycles. The van der Waals surface area contributed by atoms with Crippen molar-refractivity contribution in [2.45, 2.75) is 6.54 Å². The molecule has 0 fully saturated rings. The lowest BCUT2D eigenvalue weighted by Gasteiger charge is -2.18. The highest BCUT2D eigenvalue weighted by Gasteiger charge is 2.14. The molecular weight excluding hydrogens is 333 g/mol.